The van der Waals surface area contributed by atoms with E-state index in [9.17, 15) is 31.3 Å². The second-order valence-corrected chi connectivity index (χ2v) is 11.4. The number of alkyl halides is 3. The van der Waals surface area contributed by atoms with E-state index in [1.807, 2.05) is 6.92 Å². The normalized spacial score (nSPS) is 29.2. The van der Waals surface area contributed by atoms with E-state index in [0.717, 1.165) is 10.6 Å². The molecule has 0 spiro atoms. The highest BCUT2D eigenvalue weighted by Crippen LogP contribution is 2.45. The van der Waals surface area contributed by atoms with Gasteiger partial charge in [-0.1, -0.05) is 17.7 Å². The van der Waals surface area contributed by atoms with Gasteiger partial charge in [-0.05, 0) is 56.6 Å². The lowest BCUT2D eigenvalue weighted by atomic mass is 9.74. The molecule has 0 radical (unpaired) electrons. The van der Waals surface area contributed by atoms with Gasteiger partial charge < -0.3 is 5.32 Å². The highest BCUT2D eigenvalue weighted by atomic mass is 32.2. The molecular weight excluding hydrogens is 473 g/mol. The molecule has 8 nitrogen and oxygen atoms in total. The van der Waals surface area contributed by atoms with Crippen LogP contribution in [0.15, 0.2) is 29.2 Å². The van der Waals surface area contributed by atoms with E-state index in [4.69, 9.17) is 0 Å². The minimum absolute atomic E-state index is 0.0259. The van der Waals surface area contributed by atoms with Crippen LogP contribution in [0.3, 0.4) is 0 Å². The number of hydrogen-bond donors (Lipinski definition) is 1. The van der Waals surface area contributed by atoms with E-state index in [1.54, 1.807) is 24.3 Å². The number of carbonyl (C=O) groups is 1. The number of fused-ring (bicyclic) bond motifs is 1. The van der Waals surface area contributed by atoms with Gasteiger partial charge in [0.2, 0.25) is 15.9 Å². The molecule has 0 aliphatic carbocycles. The quantitative estimate of drug-likeness (QED) is 0.638. The molecule has 1 aromatic carbocycles. The number of sulfonamides is 1. The molecule has 3 aliphatic heterocycles. The van der Waals surface area contributed by atoms with Gasteiger partial charge >= 0.3 is 12.2 Å². The fourth-order valence-corrected chi connectivity index (χ4v) is 7.26. The summed E-state index contributed by atoms with van der Waals surface area (Å²) in [6.07, 6.45) is -2.79. The number of piperidine rings is 2. The molecule has 3 heterocycles. The number of nitrogens with one attached hydrogen (secondary N) is 1. The highest BCUT2D eigenvalue weighted by molar-refractivity contribution is 7.89. The Bertz CT molecular complexity index is 1040. The van der Waals surface area contributed by atoms with Gasteiger partial charge in [-0.15, -0.1) is 5.01 Å². The van der Waals surface area contributed by atoms with Gasteiger partial charge in [0.15, 0.2) is 0 Å². The van der Waals surface area contributed by atoms with Crippen molar-refractivity contribution in [3.63, 3.8) is 0 Å². The van der Waals surface area contributed by atoms with Gasteiger partial charge in [-0.25, -0.2) is 8.42 Å². The van der Waals surface area contributed by atoms with Gasteiger partial charge in [0.25, 0.3) is 0 Å². The number of rotatable bonds is 4. The van der Waals surface area contributed by atoms with Crippen molar-refractivity contribution in [3.05, 3.63) is 34.7 Å². The summed E-state index contributed by atoms with van der Waals surface area (Å²) in [5.74, 6) is -2.12. The number of nitroso groups, excluding NO2 is 1. The zero-order valence-corrected chi connectivity index (χ0v) is 20.0. The molecule has 12 heteroatoms. The van der Waals surface area contributed by atoms with Crippen molar-refractivity contribution in [1.29, 1.82) is 0 Å². The van der Waals surface area contributed by atoms with Crippen molar-refractivity contribution in [2.75, 3.05) is 26.7 Å². The molecular formula is C22H30F3N4O4S+. The number of hydrazine groups is 1. The summed E-state index contributed by atoms with van der Waals surface area (Å²) in [7, 11) is -2.33. The molecule has 34 heavy (non-hydrogen) atoms. The van der Waals surface area contributed by atoms with Crippen molar-refractivity contribution in [2.24, 2.45) is 17.8 Å². The first kappa shape index (κ1) is 24.9. The molecule has 1 N–H and O–H groups in total. The summed E-state index contributed by atoms with van der Waals surface area (Å²) in [6, 6.07) is 3.49. The SMILES string of the molecule is CNC(=O)C1C2CC(C3CCN(S(=O)(=O)c4ccc(C)cc4)CC3)CCN2[N+](=O)C1C(F)(F)F. The third-order valence-electron chi connectivity index (χ3n) is 7.61. The first-order chi connectivity index (χ1) is 15.9. The van der Waals surface area contributed by atoms with Crippen LogP contribution < -0.4 is 5.32 Å². The first-order valence-electron chi connectivity index (χ1n) is 11.5. The first-order valence-corrected chi connectivity index (χ1v) is 13.0. The predicted octanol–water partition coefficient (Wildman–Crippen LogP) is 2.48. The summed E-state index contributed by atoms with van der Waals surface area (Å²) >= 11 is 0. The third kappa shape index (κ3) is 4.41. The van der Waals surface area contributed by atoms with Gasteiger partial charge in [-0.2, -0.15) is 17.5 Å². The van der Waals surface area contributed by atoms with E-state index in [0.29, 0.717) is 38.8 Å². The third-order valence-corrected chi connectivity index (χ3v) is 9.52. The molecule has 188 valence electrons. The maximum absolute atomic E-state index is 13.7. The lowest BCUT2D eigenvalue weighted by Crippen LogP contribution is -2.49. The summed E-state index contributed by atoms with van der Waals surface area (Å²) in [6.45, 7) is 2.71. The Hall–Kier alpha value is -2.21. The number of benzene rings is 1. The Morgan fingerprint density at radius 2 is 1.65 bits per heavy atom. The van der Waals surface area contributed by atoms with Crippen LogP contribution in [0.5, 0.6) is 0 Å². The van der Waals surface area contributed by atoms with Crippen molar-refractivity contribution >= 4 is 15.9 Å². The fraction of sp³-hybridized carbons (Fsp3) is 0.682. The smallest absolute Gasteiger partial charge is 0.359 e. The van der Waals surface area contributed by atoms with Crippen molar-refractivity contribution < 1.29 is 31.3 Å². The maximum atomic E-state index is 13.7. The zero-order valence-electron chi connectivity index (χ0n) is 19.2. The minimum atomic E-state index is -4.82. The maximum Gasteiger partial charge on any atom is 0.460 e. The van der Waals surface area contributed by atoms with Crippen LogP contribution in [0.2, 0.25) is 0 Å². The van der Waals surface area contributed by atoms with E-state index in [2.05, 4.69) is 5.32 Å². The van der Waals surface area contributed by atoms with Gasteiger partial charge in [0.1, 0.15) is 16.8 Å². The Morgan fingerprint density at radius 1 is 1.06 bits per heavy atom. The fourth-order valence-electron chi connectivity index (χ4n) is 5.79. The number of amides is 1. The average Bonchev–Trinajstić information content (AvgIpc) is 3.11. The van der Waals surface area contributed by atoms with E-state index < -0.39 is 40.1 Å². The topological polar surface area (TPSA) is 89.8 Å². The number of halogens is 3. The van der Waals surface area contributed by atoms with Crippen molar-refractivity contribution in [3.8, 4) is 0 Å². The van der Waals surface area contributed by atoms with Crippen molar-refractivity contribution in [1.82, 2.24) is 14.6 Å². The molecule has 4 atom stereocenters. The predicted molar refractivity (Wildman–Crippen MR) is 117 cm³/mol. The molecule has 1 aromatic rings. The summed E-state index contributed by atoms with van der Waals surface area (Å²) in [5.41, 5.74) is 0.968. The van der Waals surface area contributed by atoms with Crippen LogP contribution >= 0.6 is 0 Å². The second-order valence-electron chi connectivity index (χ2n) is 9.50. The summed E-state index contributed by atoms with van der Waals surface area (Å²) in [5, 5.41) is 3.45. The second kappa shape index (κ2) is 9.10. The Morgan fingerprint density at radius 3 is 2.21 bits per heavy atom. The van der Waals surface area contributed by atoms with Crippen molar-refractivity contribution in [2.45, 2.75) is 55.8 Å². The molecule has 0 bridgehead atoms. The molecule has 3 saturated heterocycles. The van der Waals surface area contributed by atoms with Gasteiger partial charge in [-0.3, -0.25) is 4.79 Å². The zero-order chi connectivity index (χ0) is 24.8. The number of carbonyl (C=O) groups excluding carboxylic acids is 1. The summed E-state index contributed by atoms with van der Waals surface area (Å²) in [4.78, 5) is 25.1. The van der Waals surface area contributed by atoms with Crippen LogP contribution in [0.25, 0.3) is 0 Å². The Balaban J connectivity index is 1.45. The monoisotopic (exact) mass is 503 g/mol. The lowest BCUT2D eigenvalue weighted by Gasteiger charge is -2.39. The molecule has 0 aromatic heterocycles. The number of hydrogen-bond acceptors (Lipinski definition) is 4. The molecule has 4 rings (SSSR count). The standard InChI is InChI=1S/C22H29F3N4O4S/c1-14-3-5-17(6-4-14)34(32,33)27-10-7-15(8-11-27)16-9-12-28-18(13-16)19(21(30)26-2)20(29(28)31)22(23,24)25/h3-6,15-16,18-20H,7-13H2,1-2H3/p+1. The molecule has 1 amide bonds. The number of aryl methyl sites for hydroxylation is 1. The Kier molecular flexibility index (Phi) is 6.67. The molecule has 4 unspecified atom stereocenters. The number of nitrogens with zero attached hydrogens (tertiary/aromatic N) is 3. The highest BCUT2D eigenvalue weighted by Gasteiger charge is 2.70. The van der Waals surface area contributed by atoms with Gasteiger partial charge in [0, 0.05) is 20.1 Å². The van der Waals surface area contributed by atoms with Gasteiger partial charge in [0.05, 0.1) is 16.3 Å². The van der Waals surface area contributed by atoms with Crippen LogP contribution in [0.4, 0.5) is 13.2 Å². The van der Waals surface area contributed by atoms with E-state index in [-0.39, 0.29) is 28.1 Å². The van der Waals surface area contributed by atoms with Crippen LogP contribution in [-0.2, 0) is 14.8 Å². The van der Waals surface area contributed by atoms with Crippen LogP contribution in [0.1, 0.15) is 31.2 Å². The van der Waals surface area contributed by atoms with E-state index >= 15 is 0 Å². The lowest BCUT2D eigenvalue weighted by molar-refractivity contribution is -0.735. The average molecular weight is 504 g/mol. The van der Waals surface area contributed by atoms with E-state index in [1.165, 1.54) is 11.4 Å². The molecule has 3 fully saturated rings. The molecule has 0 saturated carbocycles. The largest absolute Gasteiger partial charge is 0.460 e. The minimum Gasteiger partial charge on any atom is -0.359 e. The Labute approximate surface area is 197 Å². The summed E-state index contributed by atoms with van der Waals surface area (Å²) < 4.78 is 68.4. The van der Waals surface area contributed by atoms with Crippen LogP contribution in [0, 0.1) is 29.6 Å². The van der Waals surface area contributed by atoms with Crippen LogP contribution in [-0.4, -0.2) is 73.5 Å². The molecule has 3 aliphatic rings.